The van der Waals surface area contributed by atoms with E-state index in [1.807, 2.05) is 0 Å². The maximum Gasteiger partial charge on any atom is 0.299 e. The van der Waals surface area contributed by atoms with Crippen LogP contribution in [0, 0.1) is 5.82 Å². The minimum absolute atomic E-state index is 0.198. The number of halogens is 3. The van der Waals surface area contributed by atoms with Gasteiger partial charge in [0, 0.05) is 5.56 Å². The summed E-state index contributed by atoms with van der Waals surface area (Å²) in [6.07, 6.45) is 0.0183. The molecule has 0 aliphatic carbocycles. The summed E-state index contributed by atoms with van der Waals surface area (Å²) in [5.74, 6) is -1.06. The zero-order chi connectivity index (χ0) is 13.8. The van der Waals surface area contributed by atoms with Crippen LogP contribution in [0.25, 0.3) is 0 Å². The van der Waals surface area contributed by atoms with Gasteiger partial charge >= 0.3 is 0 Å². The van der Waals surface area contributed by atoms with Crippen LogP contribution in [0.2, 0.25) is 0 Å². The Hall–Kier alpha value is -1.83. The first kappa shape index (κ1) is 13.6. The number of nitrogens with zero attached hydrogens (tertiary/aromatic N) is 4. The van der Waals surface area contributed by atoms with E-state index in [4.69, 9.17) is 0 Å². The summed E-state index contributed by atoms with van der Waals surface area (Å²) in [6, 6.07) is 5.91. The van der Waals surface area contributed by atoms with Crippen LogP contribution in [0.15, 0.2) is 34.5 Å². The minimum Gasteiger partial charge on any atom is -0.206 e. The van der Waals surface area contributed by atoms with E-state index in [1.54, 1.807) is 12.3 Å². The number of hydrogen-bond acceptors (Lipinski definition) is 4. The smallest absolute Gasteiger partial charge is 0.206 e. The molecule has 1 aromatic heterocycles. The molecule has 0 bridgehead atoms. The molecule has 0 radical (unpaired) electrons. The molecule has 2 rings (SSSR count). The van der Waals surface area contributed by atoms with Crippen LogP contribution in [-0.4, -0.2) is 27.3 Å². The Labute approximate surface area is 111 Å². The van der Waals surface area contributed by atoms with Crippen molar-refractivity contribution in [2.75, 3.05) is 6.26 Å². The van der Waals surface area contributed by atoms with Crippen LogP contribution < -0.4 is 0 Å². The van der Waals surface area contributed by atoms with Crippen LogP contribution in [0.1, 0.15) is 17.8 Å². The lowest BCUT2D eigenvalue weighted by molar-refractivity contribution is 0.135. The zero-order valence-corrected chi connectivity index (χ0v) is 10.6. The van der Waals surface area contributed by atoms with E-state index in [0.29, 0.717) is 0 Å². The number of aromatic nitrogens is 3. The molecule has 1 aromatic carbocycles. The summed E-state index contributed by atoms with van der Waals surface area (Å²) in [7, 11) is 0. The maximum absolute atomic E-state index is 13.4. The highest BCUT2D eigenvalue weighted by atomic mass is 32.2. The van der Waals surface area contributed by atoms with Crippen molar-refractivity contribution in [3.05, 3.63) is 41.5 Å². The molecule has 0 atom stereocenters. The highest BCUT2D eigenvalue weighted by molar-refractivity contribution is 7.98. The molecule has 2 aromatic rings. The normalized spacial score (nSPS) is 11.6. The standard InChI is InChI=1S/C11H9F3N4S/c1-19-11-17-16-10(9(13)14)18(11)15-6-7-4-2-3-5-8(7)12/h2-6,9H,1H3/b15-6+. The highest BCUT2D eigenvalue weighted by Crippen LogP contribution is 2.21. The summed E-state index contributed by atoms with van der Waals surface area (Å²) in [5.41, 5.74) is 0.198. The zero-order valence-electron chi connectivity index (χ0n) is 9.80. The van der Waals surface area contributed by atoms with Gasteiger partial charge < -0.3 is 0 Å². The summed E-state index contributed by atoms with van der Waals surface area (Å²) in [4.78, 5) is 0. The molecule has 0 saturated heterocycles. The molecule has 1 heterocycles. The van der Waals surface area contributed by atoms with Crippen LogP contribution in [0.5, 0.6) is 0 Å². The van der Waals surface area contributed by atoms with Crippen molar-refractivity contribution in [2.24, 2.45) is 5.10 Å². The van der Waals surface area contributed by atoms with E-state index in [-0.39, 0.29) is 10.7 Å². The van der Waals surface area contributed by atoms with Gasteiger partial charge in [0.1, 0.15) is 5.82 Å². The lowest BCUT2D eigenvalue weighted by atomic mass is 10.2. The molecule has 0 spiro atoms. The average molecular weight is 286 g/mol. The molecular formula is C11H9F3N4S. The van der Waals surface area contributed by atoms with Gasteiger partial charge in [0.25, 0.3) is 6.43 Å². The predicted molar refractivity (Wildman–Crippen MR) is 66.2 cm³/mol. The van der Waals surface area contributed by atoms with Gasteiger partial charge in [0.15, 0.2) is 0 Å². The van der Waals surface area contributed by atoms with Crippen molar-refractivity contribution in [3.63, 3.8) is 0 Å². The van der Waals surface area contributed by atoms with Crippen LogP contribution in [0.4, 0.5) is 13.2 Å². The summed E-state index contributed by atoms with van der Waals surface area (Å²) in [5, 5.41) is 11.0. The van der Waals surface area contributed by atoms with Gasteiger partial charge in [-0.1, -0.05) is 30.0 Å². The molecule has 8 heteroatoms. The number of hydrogen-bond donors (Lipinski definition) is 0. The topological polar surface area (TPSA) is 43.1 Å². The maximum atomic E-state index is 13.4. The Balaban J connectivity index is 2.37. The minimum atomic E-state index is -2.80. The van der Waals surface area contributed by atoms with E-state index < -0.39 is 18.1 Å². The summed E-state index contributed by atoms with van der Waals surface area (Å²) in [6.45, 7) is 0. The average Bonchev–Trinajstić information content (AvgIpc) is 2.81. The van der Waals surface area contributed by atoms with Crippen molar-refractivity contribution in [1.29, 1.82) is 0 Å². The van der Waals surface area contributed by atoms with Gasteiger partial charge in [-0.05, 0) is 12.3 Å². The first-order valence-corrected chi connectivity index (χ1v) is 6.42. The van der Waals surface area contributed by atoms with Gasteiger partial charge in [0.05, 0.1) is 6.21 Å². The Morgan fingerprint density at radius 3 is 2.68 bits per heavy atom. The number of alkyl halides is 2. The molecule has 0 aliphatic rings. The molecule has 4 nitrogen and oxygen atoms in total. The lowest BCUT2D eigenvalue weighted by Gasteiger charge is -2.01. The van der Waals surface area contributed by atoms with Crippen molar-refractivity contribution >= 4 is 18.0 Å². The Kier molecular flexibility index (Phi) is 4.20. The van der Waals surface area contributed by atoms with Crippen molar-refractivity contribution in [1.82, 2.24) is 14.9 Å². The second kappa shape index (κ2) is 5.87. The summed E-state index contributed by atoms with van der Waals surface area (Å²) >= 11 is 1.12. The van der Waals surface area contributed by atoms with Crippen LogP contribution in [-0.2, 0) is 0 Å². The van der Waals surface area contributed by atoms with Crippen LogP contribution in [0.3, 0.4) is 0 Å². The molecule has 100 valence electrons. The highest BCUT2D eigenvalue weighted by Gasteiger charge is 2.19. The molecule has 19 heavy (non-hydrogen) atoms. The van der Waals surface area contributed by atoms with E-state index >= 15 is 0 Å². The fourth-order valence-electron chi connectivity index (χ4n) is 1.35. The first-order chi connectivity index (χ1) is 9.13. The van der Waals surface area contributed by atoms with E-state index in [2.05, 4.69) is 15.3 Å². The fraction of sp³-hybridized carbons (Fsp3) is 0.182. The Morgan fingerprint density at radius 1 is 1.32 bits per heavy atom. The molecule has 0 unspecified atom stereocenters. The monoisotopic (exact) mass is 286 g/mol. The third kappa shape index (κ3) is 2.95. The van der Waals surface area contributed by atoms with Crippen molar-refractivity contribution in [2.45, 2.75) is 11.6 Å². The van der Waals surface area contributed by atoms with E-state index in [9.17, 15) is 13.2 Å². The second-order valence-corrected chi connectivity index (χ2v) is 4.20. The number of rotatable bonds is 4. The lowest BCUT2D eigenvalue weighted by Crippen LogP contribution is -2.01. The first-order valence-electron chi connectivity index (χ1n) is 5.20. The Morgan fingerprint density at radius 2 is 2.05 bits per heavy atom. The third-order valence-electron chi connectivity index (χ3n) is 2.23. The van der Waals surface area contributed by atoms with Crippen molar-refractivity contribution < 1.29 is 13.2 Å². The number of benzene rings is 1. The second-order valence-electron chi connectivity index (χ2n) is 3.42. The molecule has 0 aliphatic heterocycles. The Bertz CT molecular complexity index is 597. The number of thioether (sulfide) groups is 1. The van der Waals surface area contributed by atoms with E-state index in [0.717, 1.165) is 22.7 Å². The quantitative estimate of drug-likeness (QED) is 0.641. The molecular weight excluding hydrogens is 277 g/mol. The van der Waals surface area contributed by atoms with Gasteiger partial charge in [-0.25, -0.2) is 13.2 Å². The molecule has 0 N–H and O–H groups in total. The molecule has 0 amide bonds. The predicted octanol–water partition coefficient (Wildman–Crippen LogP) is 2.96. The van der Waals surface area contributed by atoms with E-state index in [1.165, 1.54) is 18.2 Å². The summed E-state index contributed by atoms with van der Waals surface area (Å²) < 4.78 is 39.7. The third-order valence-corrected chi connectivity index (χ3v) is 2.85. The van der Waals surface area contributed by atoms with Gasteiger partial charge in [0.2, 0.25) is 11.0 Å². The van der Waals surface area contributed by atoms with Gasteiger partial charge in [-0.2, -0.15) is 9.78 Å². The SMILES string of the molecule is CSc1nnc(C(F)F)n1/N=C/c1ccccc1F. The van der Waals surface area contributed by atoms with Crippen molar-refractivity contribution in [3.8, 4) is 0 Å². The van der Waals surface area contributed by atoms with Gasteiger partial charge in [-0.15, -0.1) is 10.2 Å². The van der Waals surface area contributed by atoms with Gasteiger partial charge in [-0.3, -0.25) is 0 Å². The fourth-order valence-corrected chi connectivity index (χ4v) is 1.78. The van der Waals surface area contributed by atoms with Crippen LogP contribution >= 0.6 is 11.8 Å². The largest absolute Gasteiger partial charge is 0.299 e. The molecule has 0 saturated carbocycles. The molecule has 0 fully saturated rings.